The van der Waals surface area contributed by atoms with Crippen molar-refractivity contribution in [2.24, 2.45) is 5.73 Å². The fourth-order valence-electron chi connectivity index (χ4n) is 1.36. The van der Waals surface area contributed by atoms with E-state index in [-0.39, 0.29) is 18.1 Å². The third-order valence-electron chi connectivity index (χ3n) is 2.30. The minimum Gasteiger partial charge on any atom is -0.394 e. The predicted octanol–water partition coefficient (Wildman–Crippen LogP) is -0.772. The van der Waals surface area contributed by atoms with E-state index in [0.29, 0.717) is 5.56 Å². The Bertz CT molecular complexity index is 475. The summed E-state index contributed by atoms with van der Waals surface area (Å²) >= 11 is 0. The first-order valence-corrected chi connectivity index (χ1v) is 6.94. The van der Waals surface area contributed by atoms with E-state index in [2.05, 4.69) is 4.98 Å². The maximum atomic E-state index is 11.3. The minimum atomic E-state index is -3.37. The maximum absolute atomic E-state index is 11.3. The number of hydrogen-bond acceptors (Lipinski definition) is 6. The van der Waals surface area contributed by atoms with Crippen LogP contribution in [0.1, 0.15) is 18.0 Å². The molecule has 0 bridgehead atoms. The Kier molecular flexibility index (Phi) is 4.58. The molecule has 4 N–H and O–H groups in total. The van der Waals surface area contributed by atoms with Crippen LogP contribution in [0.3, 0.4) is 0 Å². The molecule has 0 unspecified atom stereocenters. The average molecular weight is 260 g/mol. The summed E-state index contributed by atoms with van der Waals surface area (Å²) < 4.78 is 22.6. The summed E-state index contributed by atoms with van der Waals surface area (Å²) in [5.41, 5.74) is 6.35. The average Bonchev–Trinajstić information content (AvgIpc) is 2.28. The summed E-state index contributed by atoms with van der Waals surface area (Å²) in [6.45, 7) is -0.377. The number of aliphatic hydroxyl groups excluding tert-OH is 2. The molecule has 0 spiro atoms. The Balaban J connectivity index is 2.92. The van der Waals surface area contributed by atoms with Crippen LogP contribution in [0.15, 0.2) is 23.4 Å². The second kappa shape index (κ2) is 5.54. The number of aliphatic hydroxyl groups is 2. The molecular formula is C10H16N2O4S. The van der Waals surface area contributed by atoms with E-state index in [4.69, 9.17) is 10.8 Å². The minimum absolute atomic E-state index is 0.0519. The molecule has 0 saturated carbocycles. The van der Waals surface area contributed by atoms with Gasteiger partial charge in [-0.05, 0) is 24.1 Å². The molecule has 1 aromatic heterocycles. The molecule has 1 rings (SSSR count). The summed E-state index contributed by atoms with van der Waals surface area (Å²) in [5.74, 6) is 0. The molecule has 6 nitrogen and oxygen atoms in total. The van der Waals surface area contributed by atoms with Crippen LogP contribution in [0, 0.1) is 0 Å². The number of pyridine rings is 1. The van der Waals surface area contributed by atoms with E-state index in [1.165, 1.54) is 12.3 Å². The summed E-state index contributed by atoms with van der Waals surface area (Å²) in [6.07, 6.45) is 1.66. The van der Waals surface area contributed by atoms with Crippen LogP contribution in [-0.2, 0) is 9.84 Å². The molecule has 0 saturated heterocycles. The number of hydrogen-bond donors (Lipinski definition) is 3. The number of sulfone groups is 1. The first kappa shape index (κ1) is 14.0. The van der Waals surface area contributed by atoms with E-state index in [9.17, 15) is 13.5 Å². The van der Waals surface area contributed by atoms with Crippen molar-refractivity contribution in [3.63, 3.8) is 0 Å². The van der Waals surface area contributed by atoms with Gasteiger partial charge in [0.05, 0.1) is 12.7 Å². The first-order chi connectivity index (χ1) is 7.84. The number of rotatable bonds is 5. The molecule has 0 aliphatic rings. The quantitative estimate of drug-likeness (QED) is 0.640. The van der Waals surface area contributed by atoms with Crippen molar-refractivity contribution in [3.05, 3.63) is 23.9 Å². The number of nitrogens with zero attached hydrogens (tertiary/aromatic N) is 1. The van der Waals surface area contributed by atoms with Crippen molar-refractivity contribution in [2.45, 2.75) is 23.6 Å². The second-order valence-corrected chi connectivity index (χ2v) is 5.84. The van der Waals surface area contributed by atoms with Gasteiger partial charge < -0.3 is 15.9 Å². The third kappa shape index (κ3) is 4.04. The SMILES string of the molecule is CS(=O)(=O)c1cc([C@@H](N)C[C@@H](O)CO)ccn1. The van der Waals surface area contributed by atoms with Crippen molar-refractivity contribution in [1.82, 2.24) is 4.98 Å². The Morgan fingerprint density at radius 3 is 2.71 bits per heavy atom. The van der Waals surface area contributed by atoms with Gasteiger partial charge in [0.2, 0.25) is 0 Å². The molecule has 7 heteroatoms. The Morgan fingerprint density at radius 2 is 2.18 bits per heavy atom. The number of nitrogens with two attached hydrogens (primary N) is 1. The van der Waals surface area contributed by atoms with Gasteiger partial charge in [-0.1, -0.05) is 0 Å². The van der Waals surface area contributed by atoms with Gasteiger partial charge in [-0.15, -0.1) is 0 Å². The highest BCUT2D eigenvalue weighted by Crippen LogP contribution is 2.17. The third-order valence-corrected chi connectivity index (χ3v) is 3.29. The second-order valence-electron chi connectivity index (χ2n) is 3.88. The monoisotopic (exact) mass is 260 g/mol. The largest absolute Gasteiger partial charge is 0.394 e. The highest BCUT2D eigenvalue weighted by Gasteiger charge is 2.15. The van der Waals surface area contributed by atoms with Gasteiger partial charge >= 0.3 is 0 Å². The molecule has 0 amide bonds. The molecule has 1 heterocycles. The maximum Gasteiger partial charge on any atom is 0.192 e. The van der Waals surface area contributed by atoms with Gasteiger partial charge in [0, 0.05) is 18.5 Å². The van der Waals surface area contributed by atoms with E-state index in [1.54, 1.807) is 6.07 Å². The fraction of sp³-hybridized carbons (Fsp3) is 0.500. The van der Waals surface area contributed by atoms with Crippen LogP contribution in [0.2, 0.25) is 0 Å². The standard InChI is InChI=1S/C10H16N2O4S/c1-17(15,16)10-4-7(2-3-12-10)9(11)5-8(14)6-13/h2-4,8-9,13-14H,5-6,11H2,1H3/t8-,9+/m1/s1. The van der Waals surface area contributed by atoms with E-state index >= 15 is 0 Å². The molecule has 0 fully saturated rings. The lowest BCUT2D eigenvalue weighted by molar-refractivity contribution is 0.0826. The summed E-state index contributed by atoms with van der Waals surface area (Å²) in [7, 11) is -3.37. The molecule has 17 heavy (non-hydrogen) atoms. The lowest BCUT2D eigenvalue weighted by Gasteiger charge is -2.15. The fourth-order valence-corrected chi connectivity index (χ4v) is 1.96. The van der Waals surface area contributed by atoms with Crippen molar-refractivity contribution >= 4 is 9.84 Å². The van der Waals surface area contributed by atoms with Gasteiger partial charge in [-0.2, -0.15) is 0 Å². The topological polar surface area (TPSA) is 114 Å². The molecule has 2 atom stereocenters. The molecule has 1 aromatic rings. The van der Waals surface area contributed by atoms with Gasteiger partial charge in [0.1, 0.15) is 0 Å². The zero-order valence-electron chi connectivity index (χ0n) is 9.44. The van der Waals surface area contributed by atoms with Crippen LogP contribution >= 0.6 is 0 Å². The molecule has 0 aromatic carbocycles. The van der Waals surface area contributed by atoms with Crippen molar-refractivity contribution in [3.8, 4) is 0 Å². The smallest absolute Gasteiger partial charge is 0.192 e. The zero-order valence-corrected chi connectivity index (χ0v) is 10.3. The van der Waals surface area contributed by atoms with Gasteiger partial charge in [-0.3, -0.25) is 0 Å². The zero-order chi connectivity index (χ0) is 13.1. The normalized spacial score (nSPS) is 15.5. The van der Waals surface area contributed by atoms with Crippen LogP contribution in [0.5, 0.6) is 0 Å². The van der Waals surface area contributed by atoms with Gasteiger partial charge in [0.25, 0.3) is 0 Å². The summed E-state index contributed by atoms with van der Waals surface area (Å²) in [4.78, 5) is 3.74. The van der Waals surface area contributed by atoms with Crippen molar-refractivity contribution in [1.29, 1.82) is 0 Å². The number of aromatic nitrogens is 1. The predicted molar refractivity (Wildman–Crippen MR) is 62.0 cm³/mol. The molecule has 0 radical (unpaired) electrons. The lowest BCUT2D eigenvalue weighted by Crippen LogP contribution is -2.21. The van der Waals surface area contributed by atoms with Crippen LogP contribution in [0.4, 0.5) is 0 Å². The highest BCUT2D eigenvalue weighted by atomic mass is 32.2. The van der Waals surface area contributed by atoms with Crippen LogP contribution in [0.25, 0.3) is 0 Å². The van der Waals surface area contributed by atoms with E-state index in [0.717, 1.165) is 6.26 Å². The van der Waals surface area contributed by atoms with E-state index in [1.807, 2.05) is 0 Å². The van der Waals surface area contributed by atoms with Crippen LogP contribution < -0.4 is 5.73 Å². The van der Waals surface area contributed by atoms with Crippen molar-refractivity contribution in [2.75, 3.05) is 12.9 Å². The Labute approximate surface area is 100 Å². The van der Waals surface area contributed by atoms with Gasteiger partial charge in [-0.25, -0.2) is 13.4 Å². The van der Waals surface area contributed by atoms with E-state index < -0.39 is 22.0 Å². The molecular weight excluding hydrogens is 244 g/mol. The lowest BCUT2D eigenvalue weighted by atomic mass is 10.0. The summed E-state index contributed by atoms with van der Waals surface area (Å²) in [5, 5.41) is 17.9. The first-order valence-electron chi connectivity index (χ1n) is 5.05. The molecule has 0 aliphatic heterocycles. The Morgan fingerprint density at radius 1 is 1.53 bits per heavy atom. The highest BCUT2D eigenvalue weighted by molar-refractivity contribution is 7.90. The van der Waals surface area contributed by atoms with Crippen LogP contribution in [-0.4, -0.2) is 42.6 Å². The van der Waals surface area contributed by atoms with Gasteiger partial charge in [0.15, 0.2) is 14.9 Å². The molecule has 96 valence electrons. The van der Waals surface area contributed by atoms with Crippen molar-refractivity contribution < 1.29 is 18.6 Å². The molecule has 0 aliphatic carbocycles. The summed E-state index contributed by atoms with van der Waals surface area (Å²) in [6, 6.07) is 2.42. The Hall–Kier alpha value is -1.02.